The number of non-ortho nitro benzene ring substituents is 1. The molecule has 126 valence electrons. The molecule has 25 heavy (non-hydrogen) atoms. The molecule has 0 unspecified atom stereocenters. The maximum absolute atomic E-state index is 12.0. The SMILES string of the molecule is O=C(Cn1c(=O)cnc2ccccc21)OCc1ccc([N+](=O)[O-])cc1. The Morgan fingerprint density at radius 1 is 1.16 bits per heavy atom. The number of carbonyl (C=O) groups excluding carboxylic acids is 1. The standard InChI is InChI=1S/C17H13N3O5/c21-16-9-18-14-3-1-2-4-15(14)19(16)10-17(22)25-11-12-5-7-13(8-6-12)20(23)24/h1-9H,10-11H2. The van der Waals surface area contributed by atoms with E-state index in [1.54, 1.807) is 24.3 Å². The van der Waals surface area contributed by atoms with E-state index in [1.165, 1.54) is 28.8 Å². The van der Waals surface area contributed by atoms with Crippen LogP contribution in [-0.4, -0.2) is 20.4 Å². The fourth-order valence-corrected chi connectivity index (χ4v) is 2.33. The second-order valence-corrected chi connectivity index (χ2v) is 5.26. The number of para-hydroxylation sites is 2. The number of nitro groups is 1. The van der Waals surface area contributed by atoms with Crippen LogP contribution in [0.15, 0.2) is 59.5 Å². The van der Waals surface area contributed by atoms with Gasteiger partial charge in [0.1, 0.15) is 13.2 Å². The fraction of sp³-hybridized carbons (Fsp3) is 0.118. The smallest absolute Gasteiger partial charge is 0.326 e. The monoisotopic (exact) mass is 339 g/mol. The van der Waals surface area contributed by atoms with Gasteiger partial charge in [-0.3, -0.25) is 24.3 Å². The first-order valence-corrected chi connectivity index (χ1v) is 7.38. The highest BCUT2D eigenvalue weighted by Gasteiger charge is 2.11. The van der Waals surface area contributed by atoms with Crippen LogP contribution >= 0.6 is 0 Å². The van der Waals surface area contributed by atoms with E-state index in [0.29, 0.717) is 16.6 Å². The number of rotatable bonds is 5. The van der Waals surface area contributed by atoms with E-state index in [2.05, 4.69) is 4.98 Å². The largest absolute Gasteiger partial charge is 0.459 e. The Labute approximate surface area is 141 Å². The van der Waals surface area contributed by atoms with E-state index in [-0.39, 0.29) is 18.8 Å². The van der Waals surface area contributed by atoms with Crippen molar-refractivity contribution >= 4 is 22.7 Å². The third kappa shape index (κ3) is 3.69. The molecule has 1 aromatic heterocycles. The summed E-state index contributed by atoms with van der Waals surface area (Å²) in [6.45, 7) is -0.274. The van der Waals surface area contributed by atoms with Gasteiger partial charge in [-0.05, 0) is 29.8 Å². The molecule has 1 heterocycles. The Bertz CT molecular complexity index is 995. The van der Waals surface area contributed by atoms with Crippen LogP contribution in [0.25, 0.3) is 11.0 Å². The number of carbonyl (C=O) groups is 1. The van der Waals surface area contributed by atoms with Crippen molar-refractivity contribution in [1.29, 1.82) is 0 Å². The summed E-state index contributed by atoms with van der Waals surface area (Å²) < 4.78 is 6.44. The lowest BCUT2D eigenvalue weighted by Crippen LogP contribution is -2.25. The summed E-state index contributed by atoms with van der Waals surface area (Å²) >= 11 is 0. The van der Waals surface area contributed by atoms with E-state index in [9.17, 15) is 19.7 Å². The number of hydrogen-bond acceptors (Lipinski definition) is 6. The minimum atomic E-state index is -0.586. The molecule has 0 saturated heterocycles. The zero-order chi connectivity index (χ0) is 17.8. The number of aromatic nitrogens is 2. The predicted molar refractivity (Wildman–Crippen MR) is 88.9 cm³/mol. The molecule has 0 radical (unpaired) electrons. The van der Waals surface area contributed by atoms with Crippen LogP contribution in [0.5, 0.6) is 0 Å². The molecule has 0 atom stereocenters. The van der Waals surface area contributed by atoms with Gasteiger partial charge in [-0.15, -0.1) is 0 Å². The molecule has 0 aliphatic rings. The number of fused-ring (bicyclic) bond motifs is 1. The van der Waals surface area contributed by atoms with E-state index < -0.39 is 16.5 Å². The average molecular weight is 339 g/mol. The predicted octanol–water partition coefficient (Wildman–Crippen LogP) is 2.05. The molecule has 2 aromatic carbocycles. The van der Waals surface area contributed by atoms with Crippen LogP contribution in [0.2, 0.25) is 0 Å². The Morgan fingerprint density at radius 3 is 2.60 bits per heavy atom. The van der Waals surface area contributed by atoms with Gasteiger partial charge in [-0.25, -0.2) is 4.98 Å². The zero-order valence-corrected chi connectivity index (χ0v) is 13.0. The minimum Gasteiger partial charge on any atom is -0.459 e. The second kappa shape index (κ2) is 6.91. The van der Waals surface area contributed by atoms with Crippen molar-refractivity contribution in [3.63, 3.8) is 0 Å². The Balaban J connectivity index is 1.70. The molecule has 0 aliphatic carbocycles. The lowest BCUT2D eigenvalue weighted by Gasteiger charge is -2.09. The number of hydrogen-bond donors (Lipinski definition) is 0. The molecular formula is C17H13N3O5. The lowest BCUT2D eigenvalue weighted by atomic mass is 10.2. The first-order chi connectivity index (χ1) is 12.0. The van der Waals surface area contributed by atoms with Crippen molar-refractivity contribution in [2.45, 2.75) is 13.2 Å². The molecule has 3 rings (SSSR count). The van der Waals surface area contributed by atoms with E-state index in [1.807, 2.05) is 0 Å². The molecule has 0 N–H and O–H groups in total. The van der Waals surface area contributed by atoms with Crippen LogP contribution in [-0.2, 0) is 22.7 Å². The highest BCUT2D eigenvalue weighted by atomic mass is 16.6. The summed E-state index contributed by atoms with van der Waals surface area (Å²) in [6, 6.07) is 12.7. The Kier molecular flexibility index (Phi) is 4.51. The van der Waals surface area contributed by atoms with Crippen LogP contribution < -0.4 is 5.56 Å². The maximum Gasteiger partial charge on any atom is 0.326 e. The summed E-state index contributed by atoms with van der Waals surface area (Å²) in [6.07, 6.45) is 1.16. The summed E-state index contributed by atoms with van der Waals surface area (Å²) in [7, 11) is 0. The number of nitro benzene ring substituents is 1. The first kappa shape index (κ1) is 16.3. The van der Waals surface area contributed by atoms with Crippen molar-refractivity contribution in [2.24, 2.45) is 0 Å². The minimum absolute atomic E-state index is 0.0331. The second-order valence-electron chi connectivity index (χ2n) is 5.26. The number of ether oxygens (including phenoxy) is 1. The lowest BCUT2D eigenvalue weighted by molar-refractivity contribution is -0.384. The first-order valence-electron chi connectivity index (χ1n) is 7.38. The number of esters is 1. The molecule has 0 spiro atoms. The van der Waals surface area contributed by atoms with Crippen molar-refractivity contribution < 1.29 is 14.5 Å². The van der Waals surface area contributed by atoms with Gasteiger partial charge < -0.3 is 4.74 Å². The maximum atomic E-state index is 12.0. The average Bonchev–Trinajstić information content (AvgIpc) is 2.63. The highest BCUT2D eigenvalue weighted by molar-refractivity contribution is 5.77. The zero-order valence-electron chi connectivity index (χ0n) is 13.0. The fourth-order valence-electron chi connectivity index (χ4n) is 2.33. The molecule has 0 aliphatic heterocycles. The van der Waals surface area contributed by atoms with Gasteiger partial charge in [-0.1, -0.05) is 12.1 Å². The van der Waals surface area contributed by atoms with Gasteiger partial charge in [0.25, 0.3) is 11.2 Å². The normalized spacial score (nSPS) is 10.6. The molecule has 3 aromatic rings. The third-order valence-electron chi connectivity index (χ3n) is 3.59. The van der Waals surface area contributed by atoms with Gasteiger partial charge in [-0.2, -0.15) is 0 Å². The quantitative estimate of drug-likeness (QED) is 0.400. The van der Waals surface area contributed by atoms with E-state index in [4.69, 9.17) is 4.74 Å². The molecule has 0 fully saturated rings. The van der Waals surface area contributed by atoms with Gasteiger partial charge in [0, 0.05) is 12.1 Å². The summed E-state index contributed by atoms with van der Waals surface area (Å²) in [4.78, 5) is 38.1. The van der Waals surface area contributed by atoms with Gasteiger partial charge >= 0.3 is 5.97 Å². The van der Waals surface area contributed by atoms with E-state index in [0.717, 1.165) is 6.20 Å². The van der Waals surface area contributed by atoms with Crippen LogP contribution in [0, 0.1) is 10.1 Å². The molecular weight excluding hydrogens is 326 g/mol. The van der Waals surface area contributed by atoms with E-state index >= 15 is 0 Å². The summed E-state index contributed by atoms with van der Waals surface area (Å²) in [5.74, 6) is -0.586. The van der Waals surface area contributed by atoms with Gasteiger partial charge in [0.15, 0.2) is 0 Å². The highest BCUT2D eigenvalue weighted by Crippen LogP contribution is 2.13. The van der Waals surface area contributed by atoms with Crippen LogP contribution in [0.4, 0.5) is 5.69 Å². The number of benzene rings is 2. The molecule has 0 bridgehead atoms. The van der Waals surface area contributed by atoms with Crippen molar-refractivity contribution in [3.8, 4) is 0 Å². The Morgan fingerprint density at radius 2 is 1.88 bits per heavy atom. The van der Waals surface area contributed by atoms with Gasteiger partial charge in [0.2, 0.25) is 0 Å². The Hall–Kier alpha value is -3.55. The van der Waals surface area contributed by atoms with Crippen molar-refractivity contribution in [2.75, 3.05) is 0 Å². The van der Waals surface area contributed by atoms with Gasteiger partial charge in [0.05, 0.1) is 22.2 Å². The molecule has 8 nitrogen and oxygen atoms in total. The topological polar surface area (TPSA) is 104 Å². The molecule has 8 heteroatoms. The van der Waals surface area contributed by atoms with Crippen LogP contribution in [0.1, 0.15) is 5.56 Å². The van der Waals surface area contributed by atoms with Crippen molar-refractivity contribution in [1.82, 2.24) is 9.55 Å². The molecule has 0 amide bonds. The van der Waals surface area contributed by atoms with Crippen LogP contribution in [0.3, 0.4) is 0 Å². The van der Waals surface area contributed by atoms with Crippen molar-refractivity contribution in [3.05, 3.63) is 80.8 Å². The summed E-state index contributed by atoms with van der Waals surface area (Å²) in [5, 5.41) is 10.6. The summed E-state index contributed by atoms with van der Waals surface area (Å²) in [5.41, 5.74) is 1.33. The molecule has 0 saturated carbocycles. The third-order valence-corrected chi connectivity index (χ3v) is 3.59. The number of nitrogens with zero attached hydrogens (tertiary/aromatic N) is 3.